The van der Waals surface area contributed by atoms with Gasteiger partial charge in [-0.1, -0.05) is 0 Å². The molecule has 0 bridgehead atoms. The molecule has 3 aromatic rings. The summed E-state index contributed by atoms with van der Waals surface area (Å²) in [6, 6.07) is 7.40. The molecule has 0 N–H and O–H groups in total. The molecule has 0 unspecified atom stereocenters. The van der Waals surface area contributed by atoms with Crippen LogP contribution < -0.4 is 9.64 Å². The summed E-state index contributed by atoms with van der Waals surface area (Å²) in [5.74, 6) is 2.09. The normalized spacial score (nSPS) is 14.2. The van der Waals surface area contributed by atoms with Crippen LogP contribution in [-0.4, -0.2) is 68.3 Å². The van der Waals surface area contributed by atoms with Gasteiger partial charge in [-0.3, -0.25) is 14.3 Å². The standard InChI is InChI=1S/C18H19N7O2/c26-18(13-27-15-2-1-5-19-12-15)24-10-8-23(9-11-24)16-3-4-17(22-21-16)25-7-6-20-14-25/h1-7,12,14H,8-11,13H2. The van der Waals surface area contributed by atoms with Crippen molar-refractivity contribution >= 4 is 11.7 Å². The van der Waals surface area contributed by atoms with Crippen molar-refractivity contribution in [2.75, 3.05) is 37.7 Å². The van der Waals surface area contributed by atoms with E-state index in [-0.39, 0.29) is 12.5 Å². The number of hydrogen-bond donors (Lipinski definition) is 0. The van der Waals surface area contributed by atoms with E-state index in [1.54, 1.807) is 46.5 Å². The number of amides is 1. The summed E-state index contributed by atoms with van der Waals surface area (Å²) in [5, 5.41) is 8.53. The number of aromatic nitrogens is 5. The van der Waals surface area contributed by atoms with Crippen LogP contribution in [0.1, 0.15) is 0 Å². The van der Waals surface area contributed by atoms with Crippen molar-refractivity contribution in [1.29, 1.82) is 0 Å². The minimum atomic E-state index is -0.0277. The fraction of sp³-hybridized carbons (Fsp3) is 0.278. The molecule has 0 saturated carbocycles. The number of nitrogens with zero attached hydrogens (tertiary/aromatic N) is 7. The van der Waals surface area contributed by atoms with Gasteiger partial charge in [0, 0.05) is 44.8 Å². The topological polar surface area (TPSA) is 89.3 Å². The molecule has 4 rings (SSSR count). The first-order valence-corrected chi connectivity index (χ1v) is 8.67. The van der Waals surface area contributed by atoms with E-state index in [9.17, 15) is 4.79 Å². The molecule has 1 amide bonds. The molecule has 9 nitrogen and oxygen atoms in total. The van der Waals surface area contributed by atoms with E-state index in [0.717, 1.165) is 11.6 Å². The van der Waals surface area contributed by atoms with E-state index >= 15 is 0 Å². The Kier molecular flexibility index (Phi) is 4.91. The van der Waals surface area contributed by atoms with Crippen LogP contribution in [-0.2, 0) is 4.79 Å². The average molecular weight is 365 g/mol. The number of piperazine rings is 1. The number of rotatable bonds is 5. The van der Waals surface area contributed by atoms with Gasteiger partial charge in [0.25, 0.3) is 5.91 Å². The van der Waals surface area contributed by atoms with Crippen LogP contribution in [0, 0.1) is 0 Å². The highest BCUT2D eigenvalue weighted by atomic mass is 16.5. The average Bonchev–Trinajstić information content (AvgIpc) is 3.28. The summed E-state index contributed by atoms with van der Waals surface area (Å²) in [4.78, 5) is 24.2. The zero-order valence-electron chi connectivity index (χ0n) is 14.7. The second-order valence-electron chi connectivity index (χ2n) is 6.06. The van der Waals surface area contributed by atoms with Crippen LogP contribution in [0.2, 0.25) is 0 Å². The van der Waals surface area contributed by atoms with Gasteiger partial charge in [-0.15, -0.1) is 10.2 Å². The second kappa shape index (κ2) is 7.81. The Morgan fingerprint density at radius 3 is 2.48 bits per heavy atom. The maximum Gasteiger partial charge on any atom is 0.260 e. The SMILES string of the molecule is O=C(COc1cccnc1)N1CCN(c2ccc(-n3ccnc3)nn2)CC1. The van der Waals surface area contributed by atoms with Gasteiger partial charge in [-0.25, -0.2) is 4.98 Å². The molecule has 0 aromatic carbocycles. The van der Waals surface area contributed by atoms with Crippen LogP contribution in [0.4, 0.5) is 5.82 Å². The van der Waals surface area contributed by atoms with Crippen molar-refractivity contribution < 1.29 is 9.53 Å². The Bertz CT molecular complexity index is 860. The Labute approximate surface area is 156 Å². The summed E-state index contributed by atoms with van der Waals surface area (Å²) in [6.07, 6.45) is 8.46. The number of carbonyl (C=O) groups excluding carboxylic acids is 1. The maximum atomic E-state index is 12.3. The molecule has 0 spiro atoms. The molecule has 1 aliphatic heterocycles. The van der Waals surface area contributed by atoms with E-state index in [1.807, 2.05) is 18.3 Å². The van der Waals surface area contributed by atoms with Crippen molar-refractivity contribution in [3.63, 3.8) is 0 Å². The minimum Gasteiger partial charge on any atom is -0.482 e. The minimum absolute atomic E-state index is 0.0189. The quantitative estimate of drug-likeness (QED) is 0.660. The number of carbonyl (C=O) groups is 1. The molecule has 0 radical (unpaired) electrons. The fourth-order valence-corrected chi connectivity index (χ4v) is 2.87. The number of imidazole rings is 1. The first-order chi connectivity index (χ1) is 13.3. The molecule has 3 aromatic heterocycles. The molecule has 4 heterocycles. The highest BCUT2D eigenvalue weighted by Gasteiger charge is 2.22. The van der Waals surface area contributed by atoms with Gasteiger partial charge in [0.05, 0.1) is 6.20 Å². The highest BCUT2D eigenvalue weighted by Crippen LogP contribution is 2.14. The maximum absolute atomic E-state index is 12.3. The van der Waals surface area contributed by atoms with Crippen molar-refractivity contribution in [3.8, 4) is 11.6 Å². The van der Waals surface area contributed by atoms with Crippen LogP contribution in [0.5, 0.6) is 5.75 Å². The number of pyridine rings is 1. The highest BCUT2D eigenvalue weighted by molar-refractivity contribution is 5.78. The molecule has 138 valence electrons. The van der Waals surface area contributed by atoms with E-state index in [0.29, 0.717) is 31.9 Å². The Morgan fingerprint density at radius 2 is 1.81 bits per heavy atom. The lowest BCUT2D eigenvalue weighted by molar-refractivity contribution is -0.133. The van der Waals surface area contributed by atoms with Crippen LogP contribution >= 0.6 is 0 Å². The summed E-state index contributed by atoms with van der Waals surface area (Å²) >= 11 is 0. The lowest BCUT2D eigenvalue weighted by Gasteiger charge is -2.35. The predicted octanol–water partition coefficient (Wildman–Crippen LogP) is 0.785. The van der Waals surface area contributed by atoms with Gasteiger partial charge in [0.15, 0.2) is 18.2 Å². The van der Waals surface area contributed by atoms with Gasteiger partial charge in [0.2, 0.25) is 0 Å². The lowest BCUT2D eigenvalue weighted by Crippen LogP contribution is -2.50. The molecule has 1 aliphatic rings. The van der Waals surface area contributed by atoms with E-state index in [4.69, 9.17) is 4.74 Å². The molecule has 0 atom stereocenters. The largest absolute Gasteiger partial charge is 0.482 e. The zero-order chi connectivity index (χ0) is 18.5. The monoisotopic (exact) mass is 365 g/mol. The Balaban J connectivity index is 1.29. The first kappa shape index (κ1) is 17.0. The third kappa shape index (κ3) is 4.02. The van der Waals surface area contributed by atoms with E-state index < -0.39 is 0 Å². The third-order valence-corrected chi connectivity index (χ3v) is 4.36. The molecule has 0 aliphatic carbocycles. The second-order valence-corrected chi connectivity index (χ2v) is 6.06. The molecular formula is C18H19N7O2. The van der Waals surface area contributed by atoms with Gasteiger partial charge in [-0.05, 0) is 24.3 Å². The smallest absolute Gasteiger partial charge is 0.260 e. The molecule has 27 heavy (non-hydrogen) atoms. The summed E-state index contributed by atoms with van der Waals surface area (Å²) < 4.78 is 7.29. The summed E-state index contributed by atoms with van der Waals surface area (Å²) in [7, 11) is 0. The molecule has 1 fully saturated rings. The van der Waals surface area contributed by atoms with Crippen molar-refractivity contribution in [2.45, 2.75) is 0 Å². The van der Waals surface area contributed by atoms with E-state index in [1.165, 1.54) is 0 Å². The third-order valence-electron chi connectivity index (χ3n) is 4.36. The van der Waals surface area contributed by atoms with Gasteiger partial charge in [0.1, 0.15) is 12.1 Å². The van der Waals surface area contributed by atoms with Crippen molar-refractivity contribution in [1.82, 2.24) is 29.6 Å². The van der Waals surface area contributed by atoms with Crippen molar-refractivity contribution in [3.05, 3.63) is 55.4 Å². The first-order valence-electron chi connectivity index (χ1n) is 8.67. The fourth-order valence-electron chi connectivity index (χ4n) is 2.87. The van der Waals surface area contributed by atoms with Gasteiger partial charge >= 0.3 is 0 Å². The summed E-state index contributed by atoms with van der Waals surface area (Å²) in [5.41, 5.74) is 0. The Morgan fingerprint density at radius 1 is 1.00 bits per heavy atom. The van der Waals surface area contributed by atoms with Gasteiger partial charge < -0.3 is 14.5 Å². The van der Waals surface area contributed by atoms with E-state index in [2.05, 4.69) is 25.1 Å². The van der Waals surface area contributed by atoms with Crippen LogP contribution in [0.25, 0.3) is 5.82 Å². The predicted molar refractivity (Wildman–Crippen MR) is 97.7 cm³/mol. The number of hydrogen-bond acceptors (Lipinski definition) is 7. The number of ether oxygens (including phenoxy) is 1. The van der Waals surface area contributed by atoms with Crippen LogP contribution in [0.3, 0.4) is 0 Å². The zero-order valence-corrected chi connectivity index (χ0v) is 14.7. The van der Waals surface area contributed by atoms with Gasteiger partial charge in [-0.2, -0.15) is 0 Å². The summed E-state index contributed by atoms with van der Waals surface area (Å²) in [6.45, 7) is 2.68. The molecule has 9 heteroatoms. The lowest BCUT2D eigenvalue weighted by atomic mass is 10.3. The number of anilines is 1. The molecule has 1 saturated heterocycles. The molecular weight excluding hydrogens is 346 g/mol. The Hall–Kier alpha value is -3.49. The van der Waals surface area contributed by atoms with Crippen LogP contribution in [0.15, 0.2) is 55.4 Å². The van der Waals surface area contributed by atoms with Crippen molar-refractivity contribution in [2.24, 2.45) is 0 Å².